The molecular weight excluding hydrogens is 567 g/mol. The first-order valence-electron chi connectivity index (χ1n) is 14.8. The van der Waals surface area contributed by atoms with Crippen LogP contribution in [0.25, 0.3) is 17.5 Å². The van der Waals surface area contributed by atoms with Gasteiger partial charge >= 0.3 is 0 Å². The van der Waals surface area contributed by atoms with Gasteiger partial charge in [0.15, 0.2) is 12.1 Å². The summed E-state index contributed by atoms with van der Waals surface area (Å²) in [6.07, 6.45) is 7.32. The molecule has 0 fully saturated rings. The third-order valence-corrected chi connectivity index (χ3v) is 11.7. The van der Waals surface area contributed by atoms with Crippen LogP contribution in [0.3, 0.4) is 0 Å². The summed E-state index contributed by atoms with van der Waals surface area (Å²) in [5, 5.41) is 20.8. The van der Waals surface area contributed by atoms with E-state index in [2.05, 4.69) is 79.0 Å². The van der Waals surface area contributed by atoms with Crippen molar-refractivity contribution in [3.63, 3.8) is 0 Å². The van der Waals surface area contributed by atoms with E-state index >= 15 is 0 Å². The van der Waals surface area contributed by atoms with E-state index in [9.17, 15) is 9.59 Å². The second-order valence-corrected chi connectivity index (χ2v) is 16.4. The van der Waals surface area contributed by atoms with E-state index in [1.54, 1.807) is 0 Å². The molecule has 1 amide bonds. The Morgan fingerprint density at radius 2 is 1.57 bits per heavy atom. The minimum absolute atomic E-state index is 0.00545. The summed E-state index contributed by atoms with van der Waals surface area (Å²) in [6, 6.07) is 18.2. The van der Waals surface area contributed by atoms with Crippen molar-refractivity contribution in [1.29, 1.82) is 0 Å². The Kier molecular flexibility index (Phi) is 9.00. The first-order chi connectivity index (χ1) is 21.1. The minimum atomic E-state index is -2.16. The second kappa shape index (κ2) is 12.9. The second-order valence-electron chi connectivity index (χ2n) is 12.1. The Balaban J connectivity index is 1.24. The van der Waals surface area contributed by atoms with Crippen molar-refractivity contribution >= 4 is 47.6 Å². The third-order valence-electron chi connectivity index (χ3n) is 8.19. The van der Waals surface area contributed by atoms with Gasteiger partial charge in [0.2, 0.25) is 11.7 Å². The molecule has 5 rings (SSSR count). The quantitative estimate of drug-likeness (QED) is 0.214. The van der Waals surface area contributed by atoms with Gasteiger partial charge in [0.25, 0.3) is 0 Å². The van der Waals surface area contributed by atoms with Crippen molar-refractivity contribution < 1.29 is 9.59 Å². The molecule has 226 valence electrons. The monoisotopic (exact) mass is 605 g/mol. The Bertz CT molecular complexity index is 1700. The van der Waals surface area contributed by atoms with Gasteiger partial charge in [-0.25, -0.2) is 0 Å². The first-order valence-corrected chi connectivity index (χ1v) is 17.8. The third kappa shape index (κ3) is 6.45. The molecule has 1 aliphatic rings. The van der Waals surface area contributed by atoms with E-state index in [1.165, 1.54) is 16.7 Å². The average molecular weight is 606 g/mol. The summed E-state index contributed by atoms with van der Waals surface area (Å²) < 4.78 is 0. The molecule has 0 unspecified atom stereocenters. The lowest BCUT2D eigenvalue weighted by atomic mass is 9.95. The number of benzene rings is 3. The maximum absolute atomic E-state index is 13.9. The molecule has 0 aliphatic carbocycles. The van der Waals surface area contributed by atoms with Crippen molar-refractivity contribution in [2.24, 2.45) is 0 Å². The van der Waals surface area contributed by atoms with Gasteiger partial charge in [0.05, 0.1) is 0 Å². The fraction of sp³-hybridized carbons (Fsp3) is 0.294. The highest BCUT2D eigenvalue weighted by Crippen LogP contribution is 2.29. The van der Waals surface area contributed by atoms with Crippen LogP contribution in [0.1, 0.15) is 46.3 Å². The molecule has 1 aliphatic heterocycles. The number of fused-ring (bicyclic) bond motifs is 2. The van der Waals surface area contributed by atoms with Gasteiger partial charge < -0.3 is 15.1 Å². The molecule has 44 heavy (non-hydrogen) atoms. The molecule has 1 N–H and O–H groups in total. The van der Waals surface area contributed by atoms with E-state index in [1.807, 2.05) is 64.6 Å². The molecule has 0 radical (unpaired) electrons. The summed E-state index contributed by atoms with van der Waals surface area (Å²) in [4.78, 5) is 30.6. The van der Waals surface area contributed by atoms with Gasteiger partial charge in [0.1, 0.15) is 8.07 Å². The molecule has 0 bridgehead atoms. The zero-order chi connectivity index (χ0) is 31.4. The van der Waals surface area contributed by atoms with Gasteiger partial charge in [-0.3, -0.25) is 9.59 Å². The van der Waals surface area contributed by atoms with Crippen LogP contribution < -0.4 is 25.5 Å². The van der Waals surface area contributed by atoms with Crippen LogP contribution in [0.2, 0.25) is 13.1 Å². The number of carbonyl (C=O) groups is 2. The molecule has 2 heterocycles. The van der Waals surface area contributed by atoms with Crippen LogP contribution in [-0.4, -0.2) is 68.3 Å². The predicted octanol–water partition coefficient (Wildman–Crippen LogP) is 3.93. The Hall–Kier alpha value is -4.70. The number of hydrogen-bond acceptors (Lipinski definition) is 8. The number of hydrogen-bond donors (Lipinski definition) is 1. The van der Waals surface area contributed by atoms with Crippen molar-refractivity contribution in [3.8, 4) is 11.4 Å². The Labute approximate surface area is 260 Å². The zero-order valence-corrected chi connectivity index (χ0v) is 27.3. The number of allylic oxidation sites excluding steroid dienone is 1. The summed E-state index contributed by atoms with van der Waals surface area (Å²) in [5.41, 5.74) is 6.59. The highest BCUT2D eigenvalue weighted by molar-refractivity contribution is 7.02. The summed E-state index contributed by atoms with van der Waals surface area (Å²) in [6.45, 7) is 5.12. The van der Waals surface area contributed by atoms with Crippen LogP contribution in [0.15, 0.2) is 67.0 Å². The predicted molar refractivity (Wildman–Crippen MR) is 180 cm³/mol. The molecular formula is C34H39N7O2Si. The maximum Gasteiger partial charge on any atom is 0.220 e. The van der Waals surface area contributed by atoms with Crippen molar-refractivity contribution in [2.45, 2.75) is 38.9 Å². The molecule has 0 saturated carbocycles. The molecule has 1 aromatic heterocycles. The lowest BCUT2D eigenvalue weighted by Gasteiger charge is -2.35. The van der Waals surface area contributed by atoms with Crippen molar-refractivity contribution in [1.82, 2.24) is 25.7 Å². The Morgan fingerprint density at radius 3 is 2.25 bits per heavy atom. The summed E-state index contributed by atoms with van der Waals surface area (Å²) in [7, 11) is 5.97. The molecule has 10 heteroatoms. The molecule has 3 aromatic carbocycles. The first kappa shape index (κ1) is 30.7. The fourth-order valence-corrected chi connectivity index (χ4v) is 8.62. The normalized spacial score (nSPS) is 13.4. The van der Waals surface area contributed by atoms with Gasteiger partial charge in [-0.05, 0) is 64.7 Å². The highest BCUT2D eigenvalue weighted by atomic mass is 28.3. The average Bonchev–Trinajstić information content (AvgIpc) is 3.02. The molecule has 0 atom stereocenters. The lowest BCUT2D eigenvalue weighted by molar-refractivity contribution is -0.121. The Morgan fingerprint density at radius 1 is 0.886 bits per heavy atom. The van der Waals surface area contributed by atoms with E-state index in [0.29, 0.717) is 25.2 Å². The number of nitrogens with zero attached hydrogens (tertiary/aromatic N) is 6. The largest absolute Gasteiger partial charge is 0.378 e. The smallest absolute Gasteiger partial charge is 0.220 e. The van der Waals surface area contributed by atoms with Gasteiger partial charge in [-0.1, -0.05) is 49.5 Å². The summed E-state index contributed by atoms with van der Waals surface area (Å²) in [5.74, 6) is 0.559. The highest BCUT2D eigenvalue weighted by Gasteiger charge is 2.40. The number of aromatic nitrogens is 4. The minimum Gasteiger partial charge on any atom is -0.378 e. The van der Waals surface area contributed by atoms with Gasteiger partial charge in [0, 0.05) is 69.2 Å². The number of nitrogens with one attached hydrogen (secondary N) is 1. The summed E-state index contributed by atoms with van der Waals surface area (Å²) >= 11 is 0. The topological polar surface area (TPSA) is 104 Å². The van der Waals surface area contributed by atoms with E-state index < -0.39 is 8.07 Å². The van der Waals surface area contributed by atoms with Crippen molar-refractivity contribution in [3.05, 3.63) is 89.3 Å². The van der Waals surface area contributed by atoms with Crippen molar-refractivity contribution in [2.75, 3.05) is 38.0 Å². The van der Waals surface area contributed by atoms with Gasteiger partial charge in [-0.2, -0.15) is 0 Å². The lowest BCUT2D eigenvalue weighted by Crippen LogP contribution is -2.60. The van der Waals surface area contributed by atoms with E-state index in [4.69, 9.17) is 0 Å². The zero-order valence-electron chi connectivity index (χ0n) is 26.3. The van der Waals surface area contributed by atoms with Crippen LogP contribution in [0.4, 0.5) is 11.4 Å². The van der Waals surface area contributed by atoms with E-state index in [0.717, 1.165) is 45.6 Å². The standard InChI is InChI=1S/C34H39N7O2Si/c1-40(2)26-16-17-28-29(19-26)44(5,6)30-20-27(41(3)4)18-25(32(30)33(28)43)10-8-7-9-11-31(42)35-21-23-12-14-24(15-13-23)34-38-36-22-37-39-34/h8,10,12-20,22H,7,9,11,21H2,1-6H3,(H,35,42)/b10-8+. The van der Waals surface area contributed by atoms with E-state index in [-0.39, 0.29) is 11.7 Å². The number of anilines is 2. The van der Waals surface area contributed by atoms with Gasteiger partial charge in [-0.15, -0.1) is 20.4 Å². The van der Waals surface area contributed by atoms with Crippen LogP contribution in [-0.2, 0) is 11.3 Å². The van der Waals surface area contributed by atoms with Crippen LogP contribution in [0, 0.1) is 0 Å². The fourth-order valence-electron chi connectivity index (χ4n) is 5.56. The van der Waals surface area contributed by atoms with Crippen LogP contribution >= 0.6 is 0 Å². The maximum atomic E-state index is 13.9. The number of carbonyl (C=O) groups excluding carboxylic acids is 2. The SMILES string of the molecule is CN(C)c1ccc2c(c1)[Si](C)(C)c1cc(N(C)C)cc(/C=C/CCCC(=O)NCc3ccc(-c4nncnn4)cc3)c1C2=O. The molecule has 4 aromatic rings. The molecule has 9 nitrogen and oxygen atoms in total. The number of rotatable bonds is 10. The number of unbranched alkanes of at least 4 members (excludes halogenated alkanes) is 1. The molecule has 0 saturated heterocycles. The number of ketones is 1. The van der Waals surface area contributed by atoms with Crippen LogP contribution in [0.5, 0.6) is 0 Å². The number of amides is 1. The molecule has 0 spiro atoms.